The first kappa shape index (κ1) is 18.9. The maximum absolute atomic E-state index is 13.0. The number of carbonyl (C=O) groups excluding carboxylic acids is 1. The Morgan fingerprint density at radius 2 is 2.31 bits per heavy atom. The van der Waals surface area contributed by atoms with Crippen LogP contribution in [-0.4, -0.2) is 58.1 Å². The summed E-state index contributed by atoms with van der Waals surface area (Å²) in [6.07, 6.45) is 4.60. The number of likely N-dealkylation sites (tertiary alicyclic amines) is 1. The third-order valence-electron chi connectivity index (χ3n) is 5.20. The van der Waals surface area contributed by atoms with Crippen LogP contribution in [0.5, 0.6) is 0 Å². The van der Waals surface area contributed by atoms with Crippen LogP contribution in [-0.2, 0) is 4.74 Å². The Morgan fingerprint density at radius 3 is 2.96 bits per heavy atom. The number of methoxy groups -OCH3 is 1. The van der Waals surface area contributed by atoms with Crippen LogP contribution in [0.1, 0.15) is 30.1 Å². The maximum Gasteiger partial charge on any atom is 0.255 e. The number of hydrogen-bond donors (Lipinski definition) is 1. The zero-order chi connectivity index (χ0) is 18.7. The molecule has 1 saturated heterocycles. The van der Waals surface area contributed by atoms with Gasteiger partial charge in [-0.15, -0.1) is 0 Å². The van der Waals surface area contributed by atoms with E-state index in [0.29, 0.717) is 43.1 Å². The molecule has 140 valence electrons. The van der Waals surface area contributed by atoms with Crippen LogP contribution < -0.4 is 0 Å². The number of hydrogen-bond acceptors (Lipinski definition) is 4. The van der Waals surface area contributed by atoms with Crippen LogP contribution in [0.15, 0.2) is 36.7 Å². The summed E-state index contributed by atoms with van der Waals surface area (Å²) in [5, 5.41) is 15.4. The SMILES string of the molecule is COCC[C@]1(O)CCN(C(=O)c2cc(-n3cccn3)ccc2Cl)C[C@H]1C. The number of amides is 1. The fourth-order valence-electron chi connectivity index (χ4n) is 3.41. The molecule has 2 aromatic rings. The van der Waals surface area contributed by atoms with Gasteiger partial charge in [0.15, 0.2) is 0 Å². The molecule has 7 heteroatoms. The molecule has 2 heterocycles. The molecule has 0 bridgehead atoms. The van der Waals surface area contributed by atoms with Crippen molar-refractivity contribution in [1.29, 1.82) is 0 Å². The van der Waals surface area contributed by atoms with Gasteiger partial charge in [0.2, 0.25) is 0 Å². The van der Waals surface area contributed by atoms with Crippen molar-refractivity contribution in [3.05, 3.63) is 47.2 Å². The molecule has 3 rings (SSSR count). The Kier molecular flexibility index (Phi) is 5.65. The summed E-state index contributed by atoms with van der Waals surface area (Å²) in [4.78, 5) is 14.8. The number of benzene rings is 1. The van der Waals surface area contributed by atoms with E-state index in [9.17, 15) is 9.90 Å². The summed E-state index contributed by atoms with van der Waals surface area (Å²) in [7, 11) is 1.63. The molecule has 6 nitrogen and oxygen atoms in total. The lowest BCUT2D eigenvalue weighted by atomic mass is 9.79. The fourth-order valence-corrected chi connectivity index (χ4v) is 3.61. The first-order chi connectivity index (χ1) is 12.4. The lowest BCUT2D eigenvalue weighted by Gasteiger charge is -2.43. The predicted molar refractivity (Wildman–Crippen MR) is 99.7 cm³/mol. The zero-order valence-corrected chi connectivity index (χ0v) is 15.8. The van der Waals surface area contributed by atoms with Gasteiger partial charge in [0.1, 0.15) is 0 Å². The van der Waals surface area contributed by atoms with Gasteiger partial charge < -0.3 is 14.7 Å². The normalized spacial score (nSPS) is 23.2. The van der Waals surface area contributed by atoms with E-state index in [1.165, 1.54) is 0 Å². The van der Waals surface area contributed by atoms with Gasteiger partial charge in [0, 0.05) is 45.1 Å². The Balaban J connectivity index is 1.77. The molecule has 0 radical (unpaired) electrons. The topological polar surface area (TPSA) is 67.6 Å². The average Bonchev–Trinajstić information content (AvgIpc) is 3.17. The summed E-state index contributed by atoms with van der Waals surface area (Å²) in [5.74, 6) is -0.159. The third-order valence-corrected chi connectivity index (χ3v) is 5.53. The minimum Gasteiger partial charge on any atom is -0.389 e. The fraction of sp³-hybridized carbons (Fsp3) is 0.474. The van der Waals surface area contributed by atoms with Gasteiger partial charge in [-0.2, -0.15) is 5.10 Å². The first-order valence-corrected chi connectivity index (χ1v) is 9.12. The minimum absolute atomic E-state index is 0.0385. The first-order valence-electron chi connectivity index (χ1n) is 8.75. The summed E-state index contributed by atoms with van der Waals surface area (Å²) in [5.41, 5.74) is 0.437. The number of ether oxygens (including phenoxy) is 1. The molecule has 1 aliphatic heterocycles. The van der Waals surface area contributed by atoms with E-state index in [1.54, 1.807) is 35.0 Å². The van der Waals surface area contributed by atoms with E-state index >= 15 is 0 Å². The summed E-state index contributed by atoms with van der Waals surface area (Å²) >= 11 is 6.29. The predicted octanol–water partition coefficient (Wildman–Crippen LogP) is 2.78. The molecule has 1 amide bonds. The van der Waals surface area contributed by atoms with Gasteiger partial charge in [-0.3, -0.25) is 4.79 Å². The van der Waals surface area contributed by atoms with Crippen molar-refractivity contribution in [2.45, 2.75) is 25.4 Å². The molecule has 1 aromatic heterocycles. The van der Waals surface area contributed by atoms with E-state index in [-0.39, 0.29) is 11.8 Å². The molecule has 1 N–H and O–H groups in total. The third kappa shape index (κ3) is 3.77. The van der Waals surface area contributed by atoms with Crippen LogP contribution in [0.2, 0.25) is 5.02 Å². The van der Waals surface area contributed by atoms with Crippen molar-refractivity contribution in [2.75, 3.05) is 26.8 Å². The van der Waals surface area contributed by atoms with Crippen molar-refractivity contribution < 1.29 is 14.6 Å². The van der Waals surface area contributed by atoms with Crippen molar-refractivity contribution in [1.82, 2.24) is 14.7 Å². The van der Waals surface area contributed by atoms with Gasteiger partial charge in [-0.25, -0.2) is 4.68 Å². The highest BCUT2D eigenvalue weighted by molar-refractivity contribution is 6.33. The maximum atomic E-state index is 13.0. The monoisotopic (exact) mass is 377 g/mol. The van der Waals surface area contributed by atoms with Crippen LogP contribution >= 0.6 is 11.6 Å². The Labute approximate surface area is 158 Å². The van der Waals surface area contributed by atoms with Crippen molar-refractivity contribution >= 4 is 17.5 Å². The van der Waals surface area contributed by atoms with Crippen LogP contribution in [0, 0.1) is 5.92 Å². The second-order valence-corrected chi connectivity index (χ2v) is 7.27. The minimum atomic E-state index is -0.798. The number of aromatic nitrogens is 2. The molecule has 1 aliphatic rings. The Bertz CT molecular complexity index is 765. The lowest BCUT2D eigenvalue weighted by Crippen LogP contribution is -2.52. The Morgan fingerprint density at radius 1 is 1.50 bits per heavy atom. The van der Waals surface area contributed by atoms with E-state index < -0.39 is 5.60 Å². The number of nitrogens with zero attached hydrogens (tertiary/aromatic N) is 3. The molecule has 1 aromatic carbocycles. The molecule has 26 heavy (non-hydrogen) atoms. The number of rotatable bonds is 5. The lowest BCUT2D eigenvalue weighted by molar-refractivity contribution is -0.0750. The van der Waals surface area contributed by atoms with E-state index in [0.717, 1.165) is 5.69 Å². The van der Waals surface area contributed by atoms with Gasteiger partial charge in [-0.1, -0.05) is 18.5 Å². The molecule has 0 aliphatic carbocycles. The second kappa shape index (κ2) is 7.78. The quantitative estimate of drug-likeness (QED) is 0.870. The zero-order valence-electron chi connectivity index (χ0n) is 15.1. The van der Waals surface area contributed by atoms with Crippen LogP contribution in [0.4, 0.5) is 0 Å². The standard InChI is InChI=1S/C19H24ClN3O3/c1-14-13-22(10-6-19(14,25)7-11-26-2)18(24)16-12-15(4-5-17(16)20)23-9-3-8-21-23/h3-5,8-9,12,14,25H,6-7,10-11,13H2,1-2H3/t14-,19-/m1/s1. The highest BCUT2D eigenvalue weighted by Crippen LogP contribution is 2.32. The van der Waals surface area contributed by atoms with Gasteiger partial charge in [0.25, 0.3) is 5.91 Å². The largest absolute Gasteiger partial charge is 0.389 e. The van der Waals surface area contributed by atoms with E-state index in [2.05, 4.69) is 5.10 Å². The number of piperidine rings is 1. The molecular formula is C19H24ClN3O3. The van der Waals surface area contributed by atoms with Crippen LogP contribution in [0.25, 0.3) is 5.69 Å². The average molecular weight is 378 g/mol. The van der Waals surface area contributed by atoms with E-state index in [4.69, 9.17) is 16.3 Å². The molecule has 1 fully saturated rings. The van der Waals surface area contributed by atoms with E-state index in [1.807, 2.05) is 25.3 Å². The molecular weight excluding hydrogens is 354 g/mol. The van der Waals surface area contributed by atoms with Crippen molar-refractivity contribution in [2.24, 2.45) is 5.92 Å². The highest BCUT2D eigenvalue weighted by atomic mass is 35.5. The summed E-state index contributed by atoms with van der Waals surface area (Å²) in [6.45, 7) is 3.45. The van der Waals surface area contributed by atoms with Crippen LogP contribution in [0.3, 0.4) is 0 Å². The number of halogens is 1. The van der Waals surface area contributed by atoms with Gasteiger partial charge in [0.05, 0.1) is 21.9 Å². The molecule has 0 saturated carbocycles. The Hall–Kier alpha value is -1.89. The number of aliphatic hydroxyl groups is 1. The molecule has 0 spiro atoms. The number of carbonyl (C=O) groups is 1. The summed E-state index contributed by atoms with van der Waals surface area (Å²) < 4.78 is 6.79. The van der Waals surface area contributed by atoms with Gasteiger partial charge in [-0.05, 0) is 37.1 Å². The molecule has 2 atom stereocenters. The summed E-state index contributed by atoms with van der Waals surface area (Å²) in [6, 6.07) is 7.12. The smallest absolute Gasteiger partial charge is 0.255 e. The highest BCUT2D eigenvalue weighted by Gasteiger charge is 2.40. The van der Waals surface area contributed by atoms with Crippen molar-refractivity contribution in [3.8, 4) is 5.69 Å². The second-order valence-electron chi connectivity index (χ2n) is 6.86. The molecule has 0 unspecified atom stereocenters. The van der Waals surface area contributed by atoms with Crippen molar-refractivity contribution in [3.63, 3.8) is 0 Å². The van der Waals surface area contributed by atoms with Gasteiger partial charge >= 0.3 is 0 Å².